The zero-order chi connectivity index (χ0) is 39.3. The van der Waals surface area contributed by atoms with Crippen molar-refractivity contribution in [2.24, 2.45) is 0 Å². The number of rotatable bonds is 48. The monoisotopic (exact) mass is 763 g/mol. The Bertz CT molecular complexity index is 692. The number of aliphatic hydroxyl groups excluding tert-OH is 2. The number of hydrogen-bond donors (Lipinski definition) is 2. The van der Waals surface area contributed by atoms with Crippen LogP contribution in [0.5, 0.6) is 0 Å². The van der Waals surface area contributed by atoms with Crippen molar-refractivity contribution in [3.05, 3.63) is 0 Å². The van der Waals surface area contributed by atoms with Gasteiger partial charge in [0.1, 0.15) is 5.78 Å². The summed E-state index contributed by atoms with van der Waals surface area (Å²) in [5.41, 5.74) is 0. The van der Waals surface area contributed by atoms with E-state index in [9.17, 15) is 15.0 Å². The molecule has 0 radical (unpaired) electrons. The normalized spacial score (nSPS) is 12.8. The van der Waals surface area contributed by atoms with Gasteiger partial charge in [0.2, 0.25) is 0 Å². The lowest BCUT2D eigenvalue weighted by molar-refractivity contribution is -0.119. The van der Waals surface area contributed by atoms with Gasteiger partial charge in [-0.2, -0.15) is 0 Å². The van der Waals surface area contributed by atoms with Crippen LogP contribution in [0, 0.1) is 0 Å². The van der Waals surface area contributed by atoms with Crippen molar-refractivity contribution in [3.63, 3.8) is 0 Å². The van der Waals surface area contributed by atoms with Gasteiger partial charge in [-0.1, -0.05) is 271 Å². The van der Waals surface area contributed by atoms with Gasteiger partial charge in [0.15, 0.2) is 0 Å². The lowest BCUT2D eigenvalue weighted by Crippen LogP contribution is -2.25. The minimum Gasteiger partial charge on any atom is -0.390 e. The molecule has 0 rings (SSSR count). The molecule has 2 atom stereocenters. The van der Waals surface area contributed by atoms with Crippen LogP contribution in [0.15, 0.2) is 0 Å². The molecular formula is C51H102O3. The first kappa shape index (κ1) is 53.6. The first-order valence-electron chi connectivity index (χ1n) is 25.5. The summed E-state index contributed by atoms with van der Waals surface area (Å²) in [5.74, 6) is 0.470. The molecule has 0 aliphatic heterocycles. The molecule has 0 heterocycles. The van der Waals surface area contributed by atoms with Crippen molar-refractivity contribution >= 4 is 5.78 Å². The average Bonchev–Trinajstić information content (AvgIpc) is 3.17. The Balaban J connectivity index is 3.20. The van der Waals surface area contributed by atoms with Crippen LogP contribution >= 0.6 is 0 Å². The Kier molecular flexibility index (Phi) is 46.6. The van der Waals surface area contributed by atoms with Gasteiger partial charge in [-0.05, 0) is 25.7 Å². The third-order valence-corrected chi connectivity index (χ3v) is 12.3. The second kappa shape index (κ2) is 47.0. The number of hydrogen-bond acceptors (Lipinski definition) is 3. The molecule has 2 N–H and O–H groups in total. The van der Waals surface area contributed by atoms with E-state index >= 15 is 0 Å². The summed E-state index contributed by atoms with van der Waals surface area (Å²) >= 11 is 0. The highest BCUT2D eigenvalue weighted by Crippen LogP contribution is 2.19. The summed E-state index contributed by atoms with van der Waals surface area (Å²) in [6.45, 7) is 4.38. The Hall–Kier alpha value is -0.410. The van der Waals surface area contributed by atoms with Crippen LogP contribution in [0.1, 0.15) is 309 Å². The SMILES string of the molecule is CCCCCCCCCCCCCCC(O)C(O)CCCCCCCCCCCCCCCCCCCCCCCCCCCCCCCC(=O)CCC. The van der Waals surface area contributed by atoms with E-state index in [1.165, 1.54) is 244 Å². The molecule has 0 fully saturated rings. The number of aliphatic hydroxyl groups is 2. The van der Waals surface area contributed by atoms with Gasteiger partial charge in [-0.15, -0.1) is 0 Å². The lowest BCUT2D eigenvalue weighted by atomic mass is 9.99. The van der Waals surface area contributed by atoms with Gasteiger partial charge in [0, 0.05) is 12.8 Å². The van der Waals surface area contributed by atoms with Gasteiger partial charge >= 0.3 is 0 Å². The van der Waals surface area contributed by atoms with E-state index < -0.39 is 12.2 Å². The van der Waals surface area contributed by atoms with Crippen LogP contribution in [0.3, 0.4) is 0 Å². The molecule has 2 unspecified atom stereocenters. The molecule has 0 bridgehead atoms. The molecule has 3 nitrogen and oxygen atoms in total. The first-order valence-corrected chi connectivity index (χ1v) is 25.5. The molecule has 324 valence electrons. The molecule has 54 heavy (non-hydrogen) atoms. The zero-order valence-corrected chi connectivity index (χ0v) is 37.5. The predicted molar refractivity (Wildman–Crippen MR) is 241 cm³/mol. The first-order chi connectivity index (χ1) is 26.6. The molecule has 0 amide bonds. The highest BCUT2D eigenvalue weighted by atomic mass is 16.3. The fourth-order valence-electron chi connectivity index (χ4n) is 8.43. The van der Waals surface area contributed by atoms with Crippen LogP contribution in [0.25, 0.3) is 0 Å². The summed E-state index contributed by atoms with van der Waals surface area (Å²) in [5, 5.41) is 20.7. The maximum Gasteiger partial charge on any atom is 0.132 e. The molecule has 0 saturated carbocycles. The van der Waals surface area contributed by atoms with Gasteiger partial charge in [-0.3, -0.25) is 4.79 Å². The maximum atomic E-state index is 11.6. The standard InChI is InChI=1S/C51H102O3/c1-3-5-6-7-8-9-10-31-34-37-40-43-47-50(53)51(54)48-44-41-38-35-32-29-27-25-23-21-19-17-15-13-11-12-14-16-18-20-22-24-26-28-30-33-36-39-42-46-49(52)45-4-2/h50-51,53-54H,3-48H2,1-2H3. The highest BCUT2D eigenvalue weighted by Gasteiger charge is 2.15. The topological polar surface area (TPSA) is 57.5 Å². The summed E-state index contributed by atoms with van der Waals surface area (Å²) in [6, 6.07) is 0. The van der Waals surface area contributed by atoms with Gasteiger partial charge in [0.25, 0.3) is 0 Å². The Morgan fingerprint density at radius 2 is 0.481 bits per heavy atom. The van der Waals surface area contributed by atoms with E-state index in [1.54, 1.807) is 0 Å². The van der Waals surface area contributed by atoms with Crippen molar-refractivity contribution < 1.29 is 15.0 Å². The third-order valence-electron chi connectivity index (χ3n) is 12.3. The highest BCUT2D eigenvalue weighted by molar-refractivity contribution is 5.78. The van der Waals surface area contributed by atoms with Gasteiger partial charge in [0.05, 0.1) is 12.2 Å². The second-order valence-electron chi connectivity index (χ2n) is 17.9. The van der Waals surface area contributed by atoms with E-state index in [-0.39, 0.29) is 0 Å². The summed E-state index contributed by atoms with van der Waals surface area (Å²) in [4.78, 5) is 11.6. The van der Waals surface area contributed by atoms with Crippen molar-refractivity contribution in [3.8, 4) is 0 Å². The average molecular weight is 763 g/mol. The molecular weight excluding hydrogens is 661 g/mol. The van der Waals surface area contributed by atoms with Crippen LogP contribution in [0.2, 0.25) is 0 Å². The maximum absolute atomic E-state index is 11.6. The Labute approximate surface area is 341 Å². The van der Waals surface area contributed by atoms with Crippen molar-refractivity contribution in [1.29, 1.82) is 0 Å². The summed E-state index contributed by atoms with van der Waals surface area (Å²) in [7, 11) is 0. The number of Topliss-reactive ketones (excluding diaryl/α,β-unsaturated/α-hetero) is 1. The molecule has 0 aromatic rings. The minimum atomic E-state index is -0.518. The van der Waals surface area contributed by atoms with E-state index in [1.807, 2.05) is 0 Å². The second-order valence-corrected chi connectivity index (χ2v) is 17.9. The molecule has 3 heteroatoms. The van der Waals surface area contributed by atoms with Gasteiger partial charge in [-0.25, -0.2) is 0 Å². The van der Waals surface area contributed by atoms with E-state index in [0.717, 1.165) is 51.4 Å². The number of carbonyl (C=O) groups excluding carboxylic acids is 1. The third kappa shape index (κ3) is 44.3. The zero-order valence-electron chi connectivity index (χ0n) is 37.5. The molecule has 0 aliphatic carbocycles. The van der Waals surface area contributed by atoms with Crippen LogP contribution in [-0.2, 0) is 4.79 Å². The lowest BCUT2D eigenvalue weighted by Gasteiger charge is -2.17. The number of unbranched alkanes of at least 4 members (excludes halogenated alkanes) is 39. The summed E-state index contributed by atoms with van der Waals surface area (Å²) in [6.07, 6.45) is 59.2. The van der Waals surface area contributed by atoms with Crippen LogP contribution in [0.4, 0.5) is 0 Å². The largest absolute Gasteiger partial charge is 0.390 e. The molecule has 0 aliphatic rings. The Morgan fingerprint density at radius 3 is 0.704 bits per heavy atom. The molecule has 0 spiro atoms. The van der Waals surface area contributed by atoms with Gasteiger partial charge < -0.3 is 10.2 Å². The quantitative estimate of drug-likeness (QED) is 0.0607. The number of ketones is 1. The number of carbonyl (C=O) groups is 1. The Morgan fingerprint density at radius 1 is 0.278 bits per heavy atom. The molecule has 0 aromatic carbocycles. The van der Waals surface area contributed by atoms with E-state index in [4.69, 9.17) is 0 Å². The van der Waals surface area contributed by atoms with Crippen molar-refractivity contribution in [1.82, 2.24) is 0 Å². The smallest absolute Gasteiger partial charge is 0.132 e. The fourth-order valence-corrected chi connectivity index (χ4v) is 8.43. The molecule has 0 saturated heterocycles. The van der Waals surface area contributed by atoms with Crippen LogP contribution < -0.4 is 0 Å². The van der Waals surface area contributed by atoms with E-state index in [0.29, 0.717) is 5.78 Å². The minimum absolute atomic E-state index is 0.470. The molecule has 0 aromatic heterocycles. The van der Waals surface area contributed by atoms with E-state index in [2.05, 4.69) is 13.8 Å². The fraction of sp³-hybridized carbons (Fsp3) is 0.980. The van der Waals surface area contributed by atoms with Crippen molar-refractivity contribution in [2.45, 2.75) is 321 Å². The summed E-state index contributed by atoms with van der Waals surface area (Å²) < 4.78 is 0. The van der Waals surface area contributed by atoms with Crippen molar-refractivity contribution in [2.75, 3.05) is 0 Å². The predicted octanol–water partition coefficient (Wildman–Crippen LogP) is 17.3. The van der Waals surface area contributed by atoms with Crippen LogP contribution in [-0.4, -0.2) is 28.2 Å².